The third-order valence-corrected chi connectivity index (χ3v) is 2.67. The molecule has 1 rings (SSSR count). The van der Waals surface area contributed by atoms with Crippen molar-refractivity contribution in [2.24, 2.45) is 5.92 Å². The predicted octanol–water partition coefficient (Wildman–Crippen LogP) is 3.65. The lowest BCUT2D eigenvalue weighted by Crippen LogP contribution is -2.22. The first-order valence-electron chi connectivity index (χ1n) is 4.89. The van der Waals surface area contributed by atoms with Gasteiger partial charge in [-0.3, -0.25) is 0 Å². The summed E-state index contributed by atoms with van der Waals surface area (Å²) >= 11 is 5.20. The number of allylic oxidation sites excluding steroid dienone is 4. The Morgan fingerprint density at radius 1 is 1.29 bits per heavy atom. The Morgan fingerprint density at radius 3 is 2.43 bits per heavy atom. The summed E-state index contributed by atoms with van der Waals surface area (Å²) in [6.07, 6.45) is 8.19. The molecule has 0 aromatic rings. The van der Waals surface area contributed by atoms with E-state index in [1.54, 1.807) is 0 Å². The SMILES string of the molecule is CC(=S)N1C=CC=C/C1=C(/C)C(C)C. The summed E-state index contributed by atoms with van der Waals surface area (Å²) in [6.45, 7) is 8.51. The Labute approximate surface area is 91.8 Å². The van der Waals surface area contributed by atoms with Crippen LogP contribution in [0.4, 0.5) is 0 Å². The lowest BCUT2D eigenvalue weighted by Gasteiger charge is -2.25. The number of thiocarbonyl (C=S) groups is 1. The predicted molar refractivity (Wildman–Crippen MR) is 65.9 cm³/mol. The minimum Gasteiger partial charge on any atom is -0.312 e. The average molecular weight is 207 g/mol. The van der Waals surface area contributed by atoms with Crippen LogP contribution >= 0.6 is 12.2 Å². The second-order valence-corrected chi connectivity index (χ2v) is 4.40. The number of hydrogen-bond donors (Lipinski definition) is 0. The Hall–Kier alpha value is -0.890. The highest BCUT2D eigenvalue weighted by molar-refractivity contribution is 7.80. The second-order valence-electron chi connectivity index (χ2n) is 3.81. The molecule has 0 bridgehead atoms. The van der Waals surface area contributed by atoms with Crippen molar-refractivity contribution >= 4 is 17.2 Å². The molecule has 1 aliphatic heterocycles. The molecule has 0 radical (unpaired) electrons. The van der Waals surface area contributed by atoms with E-state index in [0.717, 1.165) is 4.99 Å². The van der Waals surface area contributed by atoms with E-state index in [4.69, 9.17) is 12.2 Å². The third-order valence-electron chi connectivity index (χ3n) is 2.47. The standard InChI is InChI=1S/C12H17NS/c1-9(2)10(3)12-7-5-6-8-13(12)11(4)14/h5-9H,1-4H3/b12-10+. The first-order chi connectivity index (χ1) is 6.54. The summed E-state index contributed by atoms with van der Waals surface area (Å²) in [4.78, 5) is 2.95. The Balaban J connectivity index is 3.08. The molecule has 0 saturated carbocycles. The molecule has 0 N–H and O–H groups in total. The van der Waals surface area contributed by atoms with Crippen molar-refractivity contribution in [3.8, 4) is 0 Å². The van der Waals surface area contributed by atoms with E-state index in [1.807, 2.05) is 19.2 Å². The van der Waals surface area contributed by atoms with Gasteiger partial charge in [-0.2, -0.15) is 0 Å². The maximum absolute atomic E-state index is 5.20. The van der Waals surface area contributed by atoms with Gasteiger partial charge >= 0.3 is 0 Å². The highest BCUT2D eigenvalue weighted by Gasteiger charge is 2.12. The van der Waals surface area contributed by atoms with Gasteiger partial charge in [0.25, 0.3) is 0 Å². The van der Waals surface area contributed by atoms with Gasteiger partial charge in [-0.1, -0.05) is 32.1 Å². The summed E-state index contributed by atoms with van der Waals surface area (Å²) < 4.78 is 0. The summed E-state index contributed by atoms with van der Waals surface area (Å²) in [6, 6.07) is 0. The number of rotatable bonds is 1. The highest BCUT2D eigenvalue weighted by atomic mass is 32.1. The molecule has 0 amide bonds. The van der Waals surface area contributed by atoms with Gasteiger partial charge in [0.1, 0.15) is 0 Å². The molecule has 0 aliphatic carbocycles. The molecule has 76 valence electrons. The van der Waals surface area contributed by atoms with Crippen LogP contribution in [0.2, 0.25) is 0 Å². The largest absolute Gasteiger partial charge is 0.312 e. The average Bonchev–Trinajstić information content (AvgIpc) is 2.16. The van der Waals surface area contributed by atoms with Crippen molar-refractivity contribution < 1.29 is 0 Å². The molecule has 0 atom stereocenters. The fraction of sp³-hybridized carbons (Fsp3) is 0.417. The van der Waals surface area contributed by atoms with Crippen LogP contribution in [0, 0.1) is 5.92 Å². The molecule has 2 heteroatoms. The van der Waals surface area contributed by atoms with Crippen LogP contribution in [0.5, 0.6) is 0 Å². The van der Waals surface area contributed by atoms with E-state index < -0.39 is 0 Å². The van der Waals surface area contributed by atoms with Crippen molar-refractivity contribution in [2.45, 2.75) is 27.7 Å². The van der Waals surface area contributed by atoms with Crippen molar-refractivity contribution in [1.82, 2.24) is 4.90 Å². The number of hydrogen-bond acceptors (Lipinski definition) is 1. The normalized spacial score (nSPS) is 19.1. The van der Waals surface area contributed by atoms with Crippen molar-refractivity contribution in [2.75, 3.05) is 0 Å². The van der Waals surface area contributed by atoms with E-state index in [0.29, 0.717) is 5.92 Å². The number of nitrogens with zero attached hydrogens (tertiary/aromatic N) is 1. The van der Waals surface area contributed by atoms with Crippen molar-refractivity contribution in [3.05, 3.63) is 35.7 Å². The minimum atomic E-state index is 0.554. The first-order valence-corrected chi connectivity index (χ1v) is 5.30. The van der Waals surface area contributed by atoms with Crippen LogP contribution in [-0.4, -0.2) is 9.89 Å². The van der Waals surface area contributed by atoms with Gasteiger partial charge in [0.15, 0.2) is 0 Å². The minimum absolute atomic E-state index is 0.554. The second kappa shape index (κ2) is 4.56. The molecule has 0 aromatic heterocycles. The van der Waals surface area contributed by atoms with Crippen LogP contribution in [0.25, 0.3) is 0 Å². The van der Waals surface area contributed by atoms with Gasteiger partial charge in [0.05, 0.1) is 4.99 Å². The summed E-state index contributed by atoms with van der Waals surface area (Å²) in [5.74, 6) is 0.554. The Morgan fingerprint density at radius 2 is 1.93 bits per heavy atom. The zero-order chi connectivity index (χ0) is 10.7. The van der Waals surface area contributed by atoms with Crippen molar-refractivity contribution in [3.63, 3.8) is 0 Å². The molecule has 0 aromatic carbocycles. The highest BCUT2D eigenvalue weighted by Crippen LogP contribution is 2.22. The van der Waals surface area contributed by atoms with Crippen LogP contribution in [0.3, 0.4) is 0 Å². The van der Waals surface area contributed by atoms with E-state index in [2.05, 4.69) is 37.8 Å². The summed E-state index contributed by atoms with van der Waals surface area (Å²) in [5.41, 5.74) is 2.59. The summed E-state index contributed by atoms with van der Waals surface area (Å²) in [7, 11) is 0. The van der Waals surface area contributed by atoms with Crippen LogP contribution in [-0.2, 0) is 0 Å². The molecule has 0 saturated heterocycles. The molecule has 0 fully saturated rings. The molecule has 0 unspecified atom stereocenters. The van der Waals surface area contributed by atoms with Crippen LogP contribution in [0.15, 0.2) is 35.7 Å². The Bertz CT molecular complexity index is 321. The van der Waals surface area contributed by atoms with Crippen LogP contribution in [0.1, 0.15) is 27.7 Å². The van der Waals surface area contributed by atoms with Gasteiger partial charge < -0.3 is 4.90 Å². The van der Waals surface area contributed by atoms with Gasteiger partial charge in [0.2, 0.25) is 0 Å². The molecule has 1 aliphatic rings. The Kier molecular flexibility index (Phi) is 3.64. The first kappa shape index (κ1) is 11.2. The van der Waals surface area contributed by atoms with E-state index in [-0.39, 0.29) is 0 Å². The van der Waals surface area contributed by atoms with Crippen LogP contribution < -0.4 is 0 Å². The topological polar surface area (TPSA) is 3.24 Å². The maximum atomic E-state index is 5.20. The maximum Gasteiger partial charge on any atom is 0.0833 e. The zero-order valence-corrected chi connectivity index (χ0v) is 10.1. The van der Waals surface area contributed by atoms with E-state index >= 15 is 0 Å². The van der Waals surface area contributed by atoms with Crippen molar-refractivity contribution in [1.29, 1.82) is 0 Å². The fourth-order valence-electron chi connectivity index (χ4n) is 1.33. The fourth-order valence-corrected chi connectivity index (χ4v) is 1.49. The van der Waals surface area contributed by atoms with Gasteiger partial charge in [-0.05, 0) is 37.5 Å². The molecular weight excluding hydrogens is 190 g/mol. The van der Waals surface area contributed by atoms with E-state index in [1.165, 1.54) is 11.3 Å². The smallest absolute Gasteiger partial charge is 0.0833 e. The zero-order valence-electron chi connectivity index (χ0n) is 9.24. The third kappa shape index (κ3) is 2.32. The molecule has 1 heterocycles. The lowest BCUT2D eigenvalue weighted by molar-refractivity contribution is 0.659. The van der Waals surface area contributed by atoms with Gasteiger partial charge in [-0.15, -0.1) is 0 Å². The summed E-state index contributed by atoms with van der Waals surface area (Å²) in [5, 5.41) is 0. The molecule has 1 nitrogen and oxygen atoms in total. The molecule has 14 heavy (non-hydrogen) atoms. The molecular formula is C12H17NS. The lowest BCUT2D eigenvalue weighted by atomic mass is 10.0. The quantitative estimate of drug-likeness (QED) is 0.604. The van der Waals surface area contributed by atoms with Gasteiger partial charge in [-0.25, -0.2) is 0 Å². The monoisotopic (exact) mass is 207 g/mol. The van der Waals surface area contributed by atoms with E-state index in [9.17, 15) is 0 Å². The van der Waals surface area contributed by atoms with Gasteiger partial charge in [0, 0.05) is 11.9 Å². The molecule has 0 spiro atoms.